The second kappa shape index (κ2) is 5.30. The summed E-state index contributed by atoms with van der Waals surface area (Å²) in [6.07, 6.45) is 2.18. The summed E-state index contributed by atoms with van der Waals surface area (Å²) in [7, 11) is 0. The van der Waals surface area contributed by atoms with Crippen LogP contribution < -0.4 is 10.6 Å². The first-order chi connectivity index (χ1) is 9.22. The molecule has 6 heteroatoms. The molecule has 2 heterocycles. The van der Waals surface area contributed by atoms with Gasteiger partial charge in [0, 0.05) is 29.2 Å². The number of nitrogens with one attached hydrogen (secondary N) is 1. The summed E-state index contributed by atoms with van der Waals surface area (Å²) in [6.45, 7) is 1.80. The predicted octanol–water partition coefficient (Wildman–Crippen LogP) is 2.16. The van der Waals surface area contributed by atoms with Crippen molar-refractivity contribution in [1.82, 2.24) is 15.2 Å². The van der Waals surface area contributed by atoms with Crippen molar-refractivity contribution in [3.63, 3.8) is 0 Å². The highest BCUT2D eigenvalue weighted by atomic mass is 79.9. The average Bonchev–Trinajstić information content (AvgIpc) is 2.88. The molecule has 0 saturated carbocycles. The number of piperidine rings is 1. The van der Waals surface area contributed by atoms with E-state index in [1.54, 1.807) is 0 Å². The molecule has 1 aromatic carbocycles. The molecular weight excluding hydrogens is 306 g/mol. The second-order valence-electron chi connectivity index (χ2n) is 4.84. The topological polar surface area (TPSA) is 70.8 Å². The maximum Gasteiger partial charge on any atom is 0.245 e. The lowest BCUT2D eigenvalue weighted by molar-refractivity contribution is 0.500. The SMILES string of the molecule is NC1CCCN(c2n[nH]c(-c3cccc(Br)c3)n2)C1. The molecule has 0 radical (unpaired) electrons. The minimum atomic E-state index is 0.224. The standard InChI is InChI=1S/C13H16BrN5/c14-10-4-1-3-9(7-10)12-16-13(18-17-12)19-6-2-5-11(15)8-19/h1,3-4,7,11H,2,5-6,8,15H2,(H,16,17,18). The van der Waals surface area contributed by atoms with E-state index in [0.29, 0.717) is 0 Å². The molecule has 0 bridgehead atoms. The Bertz CT molecular complexity index is 568. The third-order valence-electron chi connectivity index (χ3n) is 3.31. The summed E-state index contributed by atoms with van der Waals surface area (Å²) in [5.74, 6) is 1.53. The monoisotopic (exact) mass is 321 g/mol. The van der Waals surface area contributed by atoms with E-state index >= 15 is 0 Å². The molecule has 0 aliphatic carbocycles. The minimum absolute atomic E-state index is 0.224. The lowest BCUT2D eigenvalue weighted by atomic mass is 10.1. The first kappa shape index (κ1) is 12.6. The van der Waals surface area contributed by atoms with Crippen LogP contribution in [0.5, 0.6) is 0 Å². The van der Waals surface area contributed by atoms with Gasteiger partial charge in [-0.25, -0.2) is 0 Å². The van der Waals surface area contributed by atoms with Gasteiger partial charge in [-0.15, -0.1) is 5.10 Å². The highest BCUT2D eigenvalue weighted by Crippen LogP contribution is 2.22. The van der Waals surface area contributed by atoms with Crippen LogP contribution >= 0.6 is 15.9 Å². The van der Waals surface area contributed by atoms with Crippen molar-refractivity contribution in [2.24, 2.45) is 5.73 Å². The summed E-state index contributed by atoms with van der Waals surface area (Å²) in [5.41, 5.74) is 7.01. The Morgan fingerprint density at radius 2 is 2.32 bits per heavy atom. The zero-order valence-corrected chi connectivity index (χ0v) is 12.1. The van der Waals surface area contributed by atoms with E-state index in [4.69, 9.17) is 5.73 Å². The van der Waals surface area contributed by atoms with Crippen molar-refractivity contribution in [2.75, 3.05) is 18.0 Å². The van der Waals surface area contributed by atoms with Crippen LogP contribution in [0.25, 0.3) is 11.4 Å². The maximum atomic E-state index is 5.99. The van der Waals surface area contributed by atoms with Gasteiger partial charge in [-0.1, -0.05) is 28.1 Å². The fourth-order valence-electron chi connectivity index (χ4n) is 2.35. The summed E-state index contributed by atoms with van der Waals surface area (Å²) in [6, 6.07) is 8.23. The Morgan fingerprint density at radius 1 is 1.42 bits per heavy atom. The first-order valence-corrected chi connectivity index (χ1v) is 7.20. The van der Waals surface area contributed by atoms with E-state index in [1.165, 1.54) is 0 Å². The maximum absolute atomic E-state index is 5.99. The van der Waals surface area contributed by atoms with E-state index < -0.39 is 0 Å². The Balaban J connectivity index is 1.83. The van der Waals surface area contributed by atoms with Crippen LogP contribution in [0.3, 0.4) is 0 Å². The van der Waals surface area contributed by atoms with E-state index in [2.05, 4.69) is 36.0 Å². The number of benzene rings is 1. The number of rotatable bonds is 2. The van der Waals surface area contributed by atoms with Gasteiger partial charge in [-0.05, 0) is 25.0 Å². The summed E-state index contributed by atoms with van der Waals surface area (Å²) in [5, 5.41) is 7.30. The molecule has 100 valence electrons. The number of anilines is 1. The molecule has 3 N–H and O–H groups in total. The molecular formula is C13H16BrN5. The average molecular weight is 322 g/mol. The normalized spacial score (nSPS) is 19.7. The number of halogens is 1. The highest BCUT2D eigenvalue weighted by Gasteiger charge is 2.20. The van der Waals surface area contributed by atoms with Crippen molar-refractivity contribution < 1.29 is 0 Å². The zero-order chi connectivity index (χ0) is 13.2. The summed E-state index contributed by atoms with van der Waals surface area (Å²) in [4.78, 5) is 6.71. The van der Waals surface area contributed by atoms with Crippen molar-refractivity contribution in [3.8, 4) is 11.4 Å². The van der Waals surface area contributed by atoms with Crippen LogP contribution in [-0.2, 0) is 0 Å². The van der Waals surface area contributed by atoms with Crippen LogP contribution in [0, 0.1) is 0 Å². The van der Waals surface area contributed by atoms with Gasteiger partial charge >= 0.3 is 0 Å². The zero-order valence-electron chi connectivity index (χ0n) is 10.5. The van der Waals surface area contributed by atoms with Crippen LogP contribution in [-0.4, -0.2) is 34.3 Å². The fourth-order valence-corrected chi connectivity index (χ4v) is 2.75. The molecule has 19 heavy (non-hydrogen) atoms. The lowest BCUT2D eigenvalue weighted by Crippen LogP contribution is -2.43. The number of aromatic amines is 1. The van der Waals surface area contributed by atoms with Crippen LogP contribution in [0.1, 0.15) is 12.8 Å². The van der Waals surface area contributed by atoms with Gasteiger partial charge in [0.25, 0.3) is 0 Å². The molecule has 5 nitrogen and oxygen atoms in total. The number of H-pyrrole nitrogens is 1. The van der Waals surface area contributed by atoms with Gasteiger partial charge in [-0.2, -0.15) is 4.98 Å². The smallest absolute Gasteiger partial charge is 0.245 e. The first-order valence-electron chi connectivity index (χ1n) is 6.41. The van der Waals surface area contributed by atoms with Crippen molar-refractivity contribution in [3.05, 3.63) is 28.7 Å². The number of hydrogen-bond donors (Lipinski definition) is 2. The molecule has 0 spiro atoms. The molecule has 1 aromatic heterocycles. The molecule has 1 aliphatic heterocycles. The summed E-state index contributed by atoms with van der Waals surface area (Å²) < 4.78 is 1.03. The summed E-state index contributed by atoms with van der Waals surface area (Å²) >= 11 is 3.46. The van der Waals surface area contributed by atoms with Crippen molar-refractivity contribution in [2.45, 2.75) is 18.9 Å². The fraction of sp³-hybridized carbons (Fsp3) is 0.385. The molecule has 0 amide bonds. The van der Waals surface area contributed by atoms with Gasteiger partial charge in [-0.3, -0.25) is 5.10 Å². The quantitative estimate of drug-likeness (QED) is 0.889. The second-order valence-corrected chi connectivity index (χ2v) is 5.76. The minimum Gasteiger partial charge on any atom is -0.338 e. The Morgan fingerprint density at radius 3 is 3.11 bits per heavy atom. The number of hydrogen-bond acceptors (Lipinski definition) is 4. The third kappa shape index (κ3) is 2.79. The molecule has 1 fully saturated rings. The third-order valence-corrected chi connectivity index (χ3v) is 3.81. The Labute approximate surface area is 120 Å². The van der Waals surface area contributed by atoms with Gasteiger partial charge < -0.3 is 10.6 Å². The molecule has 1 aliphatic rings. The van der Waals surface area contributed by atoms with E-state index in [0.717, 1.165) is 47.7 Å². The van der Waals surface area contributed by atoms with Crippen molar-refractivity contribution in [1.29, 1.82) is 0 Å². The largest absolute Gasteiger partial charge is 0.338 e. The molecule has 3 rings (SSSR count). The highest BCUT2D eigenvalue weighted by molar-refractivity contribution is 9.10. The molecule has 1 unspecified atom stereocenters. The van der Waals surface area contributed by atoms with Gasteiger partial charge in [0.15, 0.2) is 5.82 Å². The van der Waals surface area contributed by atoms with Gasteiger partial charge in [0.1, 0.15) is 0 Å². The number of nitrogens with two attached hydrogens (primary N) is 1. The number of aromatic nitrogens is 3. The van der Waals surface area contributed by atoms with Crippen LogP contribution in [0.2, 0.25) is 0 Å². The van der Waals surface area contributed by atoms with E-state index in [-0.39, 0.29) is 6.04 Å². The number of nitrogens with zero attached hydrogens (tertiary/aromatic N) is 3. The van der Waals surface area contributed by atoms with Crippen LogP contribution in [0.15, 0.2) is 28.7 Å². The van der Waals surface area contributed by atoms with Gasteiger partial charge in [0.05, 0.1) is 0 Å². The van der Waals surface area contributed by atoms with Gasteiger partial charge in [0.2, 0.25) is 5.95 Å². The molecule has 2 aromatic rings. The predicted molar refractivity (Wildman–Crippen MR) is 78.9 cm³/mol. The van der Waals surface area contributed by atoms with Crippen LogP contribution in [0.4, 0.5) is 5.95 Å². The van der Waals surface area contributed by atoms with E-state index in [1.807, 2.05) is 24.3 Å². The molecule has 1 atom stereocenters. The molecule has 1 saturated heterocycles. The van der Waals surface area contributed by atoms with E-state index in [9.17, 15) is 0 Å². The Kier molecular flexibility index (Phi) is 3.52. The van der Waals surface area contributed by atoms with Crippen molar-refractivity contribution >= 4 is 21.9 Å². The Hall–Kier alpha value is -1.40. The lowest BCUT2D eigenvalue weighted by Gasteiger charge is -2.29.